The molecule has 1 fully saturated rings. The molecule has 0 saturated carbocycles. The number of hydrogen-bond acceptors (Lipinski definition) is 7. The molecule has 12 heteroatoms. The van der Waals surface area contributed by atoms with Crippen molar-refractivity contribution in [3.63, 3.8) is 0 Å². The van der Waals surface area contributed by atoms with E-state index in [9.17, 15) is 28.1 Å². The minimum absolute atomic E-state index is 0.0288. The van der Waals surface area contributed by atoms with Gasteiger partial charge in [0.05, 0.1) is 22.8 Å². The topological polar surface area (TPSA) is 133 Å². The summed E-state index contributed by atoms with van der Waals surface area (Å²) >= 11 is 0. The Bertz CT molecular complexity index is 1180. The fraction of sp³-hybridized carbons (Fsp3) is 0.300. The summed E-state index contributed by atoms with van der Waals surface area (Å²) in [5.74, 6) is -0.542. The number of nitro benzene ring substituents is 1. The molecule has 2 aromatic rings. The Hall–Kier alpha value is -3.35. The lowest BCUT2D eigenvalue weighted by atomic mass is 10.2. The number of sulfonamides is 1. The van der Waals surface area contributed by atoms with Crippen molar-refractivity contribution in [2.24, 2.45) is 0 Å². The minimum Gasteiger partial charge on any atom is -0.323 e. The van der Waals surface area contributed by atoms with Gasteiger partial charge < -0.3 is 5.32 Å². The van der Waals surface area contributed by atoms with Crippen molar-refractivity contribution in [2.75, 3.05) is 49.5 Å². The Balaban J connectivity index is 1.42. The Morgan fingerprint density at radius 1 is 1.03 bits per heavy atom. The molecule has 32 heavy (non-hydrogen) atoms. The van der Waals surface area contributed by atoms with Crippen LogP contribution in [0.1, 0.15) is 0 Å². The Morgan fingerprint density at radius 3 is 2.41 bits per heavy atom. The number of nitro groups is 1. The highest BCUT2D eigenvalue weighted by molar-refractivity contribution is 7.89. The third kappa shape index (κ3) is 4.20. The second kappa shape index (κ2) is 8.65. The van der Waals surface area contributed by atoms with E-state index in [0.717, 1.165) is 6.07 Å². The normalized spacial score (nSPS) is 17.5. The van der Waals surface area contributed by atoms with Crippen molar-refractivity contribution >= 4 is 38.9 Å². The second-order valence-corrected chi connectivity index (χ2v) is 9.36. The maximum atomic E-state index is 12.9. The van der Waals surface area contributed by atoms with Gasteiger partial charge in [-0.25, -0.2) is 8.42 Å². The van der Waals surface area contributed by atoms with Gasteiger partial charge in [-0.15, -0.1) is 0 Å². The number of benzene rings is 2. The number of carbonyl (C=O) groups excluding carboxylic acids is 2. The van der Waals surface area contributed by atoms with Crippen LogP contribution in [-0.4, -0.2) is 73.6 Å². The molecule has 4 rings (SSSR count). The van der Waals surface area contributed by atoms with Crippen LogP contribution in [-0.2, 0) is 19.6 Å². The molecule has 1 N–H and O–H groups in total. The van der Waals surface area contributed by atoms with Crippen LogP contribution in [0.5, 0.6) is 0 Å². The van der Waals surface area contributed by atoms with Crippen molar-refractivity contribution in [2.45, 2.75) is 4.90 Å². The lowest BCUT2D eigenvalue weighted by Crippen LogP contribution is -2.52. The number of amides is 2. The first kappa shape index (κ1) is 21.9. The Kier molecular flexibility index (Phi) is 5.91. The molecule has 0 atom stereocenters. The average molecular weight is 459 g/mol. The number of nitrogens with one attached hydrogen (secondary N) is 1. The molecule has 0 bridgehead atoms. The molecule has 11 nitrogen and oxygen atoms in total. The Labute approximate surface area is 184 Å². The smallest absolute Gasteiger partial charge is 0.289 e. The van der Waals surface area contributed by atoms with Crippen LogP contribution in [0.4, 0.5) is 17.1 Å². The highest BCUT2D eigenvalue weighted by Gasteiger charge is 2.34. The summed E-state index contributed by atoms with van der Waals surface area (Å²) in [5, 5.41) is 14.0. The van der Waals surface area contributed by atoms with Gasteiger partial charge in [-0.1, -0.05) is 24.3 Å². The molecule has 0 spiro atoms. The van der Waals surface area contributed by atoms with Gasteiger partial charge in [0.25, 0.3) is 5.69 Å². The second-order valence-electron chi connectivity index (χ2n) is 7.45. The number of hydrogen-bond donors (Lipinski definition) is 1. The van der Waals surface area contributed by atoms with E-state index >= 15 is 0 Å². The minimum atomic E-state index is -4.04. The third-order valence-corrected chi connectivity index (χ3v) is 7.39. The monoisotopic (exact) mass is 459 g/mol. The van der Waals surface area contributed by atoms with Crippen molar-refractivity contribution in [1.82, 2.24) is 9.21 Å². The van der Waals surface area contributed by atoms with Crippen LogP contribution in [0.2, 0.25) is 0 Å². The predicted molar refractivity (Wildman–Crippen MR) is 116 cm³/mol. The van der Waals surface area contributed by atoms with Crippen LogP contribution < -0.4 is 10.2 Å². The number of anilines is 2. The van der Waals surface area contributed by atoms with Crippen molar-refractivity contribution < 1.29 is 22.9 Å². The lowest BCUT2D eigenvalue weighted by Gasteiger charge is -2.35. The highest BCUT2D eigenvalue weighted by Crippen LogP contribution is 2.29. The van der Waals surface area contributed by atoms with Gasteiger partial charge in [0.15, 0.2) is 4.90 Å². The molecule has 2 aliphatic rings. The number of nitrogens with zero attached hydrogens (tertiary/aromatic N) is 4. The van der Waals surface area contributed by atoms with Crippen molar-refractivity contribution in [3.8, 4) is 0 Å². The fourth-order valence-corrected chi connectivity index (χ4v) is 5.41. The molecule has 0 aliphatic carbocycles. The van der Waals surface area contributed by atoms with E-state index in [1.165, 1.54) is 27.4 Å². The first-order chi connectivity index (χ1) is 15.3. The molecule has 2 heterocycles. The van der Waals surface area contributed by atoms with Crippen LogP contribution in [0.25, 0.3) is 0 Å². The number of carbonyl (C=O) groups is 2. The van der Waals surface area contributed by atoms with E-state index in [0.29, 0.717) is 11.4 Å². The van der Waals surface area contributed by atoms with Gasteiger partial charge in [-0.3, -0.25) is 29.5 Å². The summed E-state index contributed by atoms with van der Waals surface area (Å²) in [6.45, 7) is 0.709. The summed E-state index contributed by atoms with van der Waals surface area (Å²) < 4.78 is 27.1. The van der Waals surface area contributed by atoms with Gasteiger partial charge in [0, 0.05) is 32.2 Å². The van der Waals surface area contributed by atoms with E-state index in [1.807, 2.05) is 4.90 Å². The summed E-state index contributed by atoms with van der Waals surface area (Å²) in [6.07, 6.45) is 0. The molecule has 0 unspecified atom stereocenters. The summed E-state index contributed by atoms with van der Waals surface area (Å²) in [4.78, 5) is 38.3. The van der Waals surface area contributed by atoms with Crippen molar-refractivity contribution in [1.29, 1.82) is 0 Å². The zero-order valence-corrected chi connectivity index (χ0v) is 17.8. The summed E-state index contributed by atoms with van der Waals surface area (Å²) in [7, 11) is -4.04. The SMILES string of the molecule is O=C1CN(C(=O)CN2CCN(S(=O)(=O)c3ccccc3[N+](=O)[O-])CC2)c2ccccc2N1. The van der Waals surface area contributed by atoms with Crippen molar-refractivity contribution in [3.05, 3.63) is 58.6 Å². The molecule has 168 valence electrons. The summed E-state index contributed by atoms with van der Waals surface area (Å²) in [5.41, 5.74) is 0.722. The summed E-state index contributed by atoms with van der Waals surface area (Å²) in [6, 6.07) is 12.3. The molecule has 2 aromatic carbocycles. The fourth-order valence-electron chi connectivity index (χ4n) is 3.83. The molecule has 2 amide bonds. The standard InChI is InChI=1S/C20H21N5O6S/c26-19-13-24(16-6-2-1-5-15(16)21-19)20(27)14-22-9-11-23(12-10-22)32(30,31)18-8-4-3-7-17(18)25(28)29/h1-8H,9-14H2,(H,21,26). The number of rotatable bonds is 5. The van der Waals surface area contributed by atoms with E-state index in [1.54, 1.807) is 24.3 Å². The van der Waals surface area contributed by atoms with Crippen LogP contribution >= 0.6 is 0 Å². The number of piperazine rings is 1. The van der Waals surface area contributed by atoms with E-state index in [2.05, 4.69) is 5.32 Å². The first-order valence-corrected chi connectivity index (χ1v) is 11.4. The Morgan fingerprint density at radius 2 is 1.69 bits per heavy atom. The number of para-hydroxylation sites is 3. The van der Waals surface area contributed by atoms with Crippen LogP contribution in [0.3, 0.4) is 0 Å². The van der Waals surface area contributed by atoms with E-state index in [-0.39, 0.29) is 56.0 Å². The lowest BCUT2D eigenvalue weighted by molar-refractivity contribution is -0.387. The molecule has 0 radical (unpaired) electrons. The average Bonchev–Trinajstić information content (AvgIpc) is 2.78. The maximum Gasteiger partial charge on any atom is 0.289 e. The zero-order valence-electron chi connectivity index (χ0n) is 17.0. The van der Waals surface area contributed by atoms with Gasteiger partial charge >= 0.3 is 0 Å². The maximum absolute atomic E-state index is 12.9. The number of fused-ring (bicyclic) bond motifs is 1. The predicted octanol–water partition coefficient (Wildman–Crippen LogP) is 0.886. The van der Waals surface area contributed by atoms with E-state index < -0.39 is 20.6 Å². The van der Waals surface area contributed by atoms with Crippen LogP contribution in [0.15, 0.2) is 53.4 Å². The van der Waals surface area contributed by atoms with E-state index in [4.69, 9.17) is 0 Å². The third-order valence-electron chi connectivity index (χ3n) is 5.44. The molecule has 1 saturated heterocycles. The molecule has 0 aromatic heterocycles. The first-order valence-electron chi connectivity index (χ1n) is 9.92. The van der Waals surface area contributed by atoms with Gasteiger partial charge in [0.2, 0.25) is 21.8 Å². The van der Waals surface area contributed by atoms with Gasteiger partial charge in [-0.05, 0) is 18.2 Å². The van der Waals surface area contributed by atoms with Gasteiger partial charge in [0.1, 0.15) is 6.54 Å². The molecular formula is C20H21N5O6S. The largest absolute Gasteiger partial charge is 0.323 e. The zero-order chi connectivity index (χ0) is 22.9. The molecular weight excluding hydrogens is 438 g/mol. The highest BCUT2D eigenvalue weighted by atomic mass is 32.2. The quantitative estimate of drug-likeness (QED) is 0.518. The van der Waals surface area contributed by atoms with Crippen LogP contribution in [0, 0.1) is 10.1 Å². The van der Waals surface area contributed by atoms with Gasteiger partial charge in [-0.2, -0.15) is 4.31 Å². The molecule has 2 aliphatic heterocycles.